The minimum Gasteiger partial charge on any atom is -0.508 e. The number of benzene rings is 2. The molecular formula is C26H24N2O5. The topological polar surface area (TPSA) is 100.0 Å². The molecule has 7 nitrogen and oxygen atoms in total. The summed E-state index contributed by atoms with van der Waals surface area (Å²) in [5.41, 5.74) is 1.64. The van der Waals surface area contributed by atoms with Crippen molar-refractivity contribution in [3.63, 3.8) is 0 Å². The van der Waals surface area contributed by atoms with Gasteiger partial charge in [0, 0.05) is 24.5 Å². The summed E-state index contributed by atoms with van der Waals surface area (Å²) in [6, 6.07) is 15.8. The molecule has 1 aliphatic rings. The Hall–Kier alpha value is -4.13. The van der Waals surface area contributed by atoms with Crippen LogP contribution in [0.3, 0.4) is 0 Å². The van der Waals surface area contributed by atoms with Crippen LogP contribution in [0.2, 0.25) is 0 Å². The number of likely N-dealkylation sites (tertiary alicyclic amines) is 1. The van der Waals surface area contributed by atoms with E-state index in [0.29, 0.717) is 23.5 Å². The van der Waals surface area contributed by atoms with E-state index >= 15 is 0 Å². The molecule has 0 spiro atoms. The molecule has 0 bridgehead atoms. The monoisotopic (exact) mass is 444 g/mol. The lowest BCUT2D eigenvalue weighted by Gasteiger charge is -2.25. The average Bonchev–Trinajstić information content (AvgIpc) is 3.08. The van der Waals surface area contributed by atoms with E-state index in [-0.39, 0.29) is 23.6 Å². The van der Waals surface area contributed by atoms with E-state index in [9.17, 15) is 19.8 Å². The fourth-order valence-electron chi connectivity index (χ4n) is 3.88. The second-order valence-corrected chi connectivity index (χ2v) is 7.75. The predicted octanol–water partition coefficient (Wildman–Crippen LogP) is 4.20. The number of nitrogens with zero attached hydrogens (tertiary/aromatic N) is 2. The van der Waals surface area contributed by atoms with Gasteiger partial charge in [0.15, 0.2) is 0 Å². The van der Waals surface area contributed by atoms with Gasteiger partial charge in [-0.15, -0.1) is 0 Å². The van der Waals surface area contributed by atoms with Crippen LogP contribution in [-0.2, 0) is 16.1 Å². The van der Waals surface area contributed by atoms with Gasteiger partial charge in [0.2, 0.25) is 0 Å². The number of Topliss-reactive ketones (excluding diaryl/α,β-unsaturated/α-hetero) is 1. The summed E-state index contributed by atoms with van der Waals surface area (Å²) >= 11 is 0. The van der Waals surface area contributed by atoms with Gasteiger partial charge < -0.3 is 19.8 Å². The molecule has 1 aliphatic heterocycles. The fourth-order valence-corrected chi connectivity index (χ4v) is 3.88. The summed E-state index contributed by atoms with van der Waals surface area (Å²) in [6.45, 7) is 2.65. The van der Waals surface area contributed by atoms with E-state index < -0.39 is 17.7 Å². The van der Waals surface area contributed by atoms with Crippen molar-refractivity contribution in [3.05, 3.63) is 95.3 Å². The van der Waals surface area contributed by atoms with Crippen LogP contribution in [0.15, 0.2) is 78.6 Å². The van der Waals surface area contributed by atoms with Crippen molar-refractivity contribution in [3.8, 4) is 11.5 Å². The van der Waals surface area contributed by atoms with Gasteiger partial charge in [-0.1, -0.05) is 31.2 Å². The number of pyridine rings is 1. The van der Waals surface area contributed by atoms with Crippen LogP contribution < -0.4 is 4.74 Å². The number of carbonyl (C=O) groups excluding carboxylic acids is 2. The van der Waals surface area contributed by atoms with Gasteiger partial charge in [-0.2, -0.15) is 0 Å². The molecule has 33 heavy (non-hydrogen) atoms. The minimum atomic E-state index is -0.870. The number of hydrogen-bond donors (Lipinski definition) is 2. The summed E-state index contributed by atoms with van der Waals surface area (Å²) in [7, 11) is 0. The lowest BCUT2D eigenvalue weighted by Crippen LogP contribution is -2.29. The summed E-state index contributed by atoms with van der Waals surface area (Å²) in [6.07, 6.45) is 4.04. The quantitative estimate of drug-likeness (QED) is 0.322. The number of aliphatic hydroxyl groups is 1. The third-order valence-electron chi connectivity index (χ3n) is 5.41. The van der Waals surface area contributed by atoms with E-state index in [2.05, 4.69) is 4.98 Å². The molecule has 2 aromatic carbocycles. The van der Waals surface area contributed by atoms with Gasteiger partial charge in [0.25, 0.3) is 11.7 Å². The summed E-state index contributed by atoms with van der Waals surface area (Å²) in [5.74, 6) is -1.24. The number of aromatic nitrogens is 1. The van der Waals surface area contributed by atoms with Gasteiger partial charge in [0.1, 0.15) is 17.3 Å². The third kappa shape index (κ3) is 4.57. The Morgan fingerprint density at radius 1 is 1.06 bits per heavy atom. The molecule has 0 radical (unpaired) electrons. The summed E-state index contributed by atoms with van der Waals surface area (Å²) in [5, 5.41) is 21.2. The van der Waals surface area contributed by atoms with Crippen LogP contribution in [0.25, 0.3) is 5.76 Å². The second-order valence-electron chi connectivity index (χ2n) is 7.75. The standard InChI is InChI=1S/C26H24N2O5/c1-2-13-33-21-8-4-6-19(15-21)24(30)22-23(18-5-3-7-20(29)14-18)28(26(32)25(22)31)16-17-9-11-27-12-10-17/h3-12,14-15,23,29-30H,2,13,16H2,1H3. The highest BCUT2D eigenvalue weighted by molar-refractivity contribution is 6.46. The van der Waals surface area contributed by atoms with E-state index in [1.54, 1.807) is 60.9 Å². The largest absolute Gasteiger partial charge is 0.508 e. The number of phenolic OH excluding ortho intramolecular Hbond substituents is 1. The number of aromatic hydroxyl groups is 1. The zero-order chi connectivity index (χ0) is 23.4. The first-order chi connectivity index (χ1) is 16.0. The molecule has 3 aromatic rings. The Labute approximate surface area is 191 Å². The molecule has 7 heteroatoms. The molecule has 0 aliphatic carbocycles. The Morgan fingerprint density at radius 3 is 2.55 bits per heavy atom. The van der Waals surface area contributed by atoms with Gasteiger partial charge in [-0.25, -0.2) is 0 Å². The highest BCUT2D eigenvalue weighted by atomic mass is 16.5. The van der Waals surface area contributed by atoms with E-state index in [4.69, 9.17) is 4.74 Å². The summed E-state index contributed by atoms with van der Waals surface area (Å²) < 4.78 is 5.65. The normalized spacial score (nSPS) is 17.4. The number of hydrogen-bond acceptors (Lipinski definition) is 6. The van der Waals surface area contributed by atoms with Crippen LogP contribution >= 0.6 is 0 Å². The average molecular weight is 444 g/mol. The van der Waals surface area contributed by atoms with Crippen molar-refractivity contribution < 1.29 is 24.5 Å². The minimum absolute atomic E-state index is 0.00281. The Balaban J connectivity index is 1.83. The SMILES string of the molecule is CCCOc1cccc(C(O)=C2C(=O)C(=O)N(Cc3ccncc3)C2c2cccc(O)c2)c1. The molecule has 1 amide bonds. The molecule has 1 atom stereocenters. The molecule has 1 fully saturated rings. The first kappa shape index (κ1) is 22.1. The van der Waals surface area contributed by atoms with Crippen LogP contribution in [0, 0.1) is 0 Å². The van der Waals surface area contributed by atoms with Crippen molar-refractivity contribution in [1.29, 1.82) is 0 Å². The number of ether oxygens (including phenoxy) is 1. The van der Waals surface area contributed by atoms with E-state index in [1.165, 1.54) is 17.0 Å². The Morgan fingerprint density at radius 2 is 1.82 bits per heavy atom. The van der Waals surface area contributed by atoms with Crippen molar-refractivity contribution in [1.82, 2.24) is 9.88 Å². The Kier molecular flexibility index (Phi) is 6.40. The smallest absolute Gasteiger partial charge is 0.295 e. The molecule has 2 N–H and O–H groups in total. The van der Waals surface area contributed by atoms with Crippen molar-refractivity contribution in [2.24, 2.45) is 0 Å². The second kappa shape index (κ2) is 9.56. The maximum Gasteiger partial charge on any atom is 0.295 e. The van der Waals surface area contributed by atoms with Crippen LogP contribution in [0.4, 0.5) is 0 Å². The molecule has 1 unspecified atom stereocenters. The van der Waals surface area contributed by atoms with Crippen molar-refractivity contribution in [2.75, 3.05) is 6.61 Å². The number of rotatable bonds is 7. The molecule has 1 aromatic heterocycles. The van der Waals surface area contributed by atoms with Crippen molar-refractivity contribution >= 4 is 17.4 Å². The zero-order valence-electron chi connectivity index (χ0n) is 18.1. The zero-order valence-corrected chi connectivity index (χ0v) is 18.1. The van der Waals surface area contributed by atoms with Gasteiger partial charge in [-0.3, -0.25) is 14.6 Å². The predicted molar refractivity (Wildman–Crippen MR) is 122 cm³/mol. The number of carbonyl (C=O) groups is 2. The molecule has 0 saturated carbocycles. The maximum absolute atomic E-state index is 13.1. The van der Waals surface area contributed by atoms with Crippen LogP contribution in [0.5, 0.6) is 11.5 Å². The third-order valence-corrected chi connectivity index (χ3v) is 5.41. The van der Waals surface area contributed by atoms with Crippen LogP contribution in [0.1, 0.15) is 36.1 Å². The van der Waals surface area contributed by atoms with Crippen molar-refractivity contribution in [2.45, 2.75) is 25.9 Å². The summed E-state index contributed by atoms with van der Waals surface area (Å²) in [4.78, 5) is 31.6. The maximum atomic E-state index is 13.1. The molecule has 2 heterocycles. The highest BCUT2D eigenvalue weighted by Gasteiger charge is 2.46. The first-order valence-electron chi connectivity index (χ1n) is 10.7. The van der Waals surface area contributed by atoms with Gasteiger partial charge >= 0.3 is 0 Å². The van der Waals surface area contributed by atoms with Gasteiger partial charge in [-0.05, 0) is 53.9 Å². The Bertz CT molecular complexity index is 1210. The molecular weight excluding hydrogens is 420 g/mol. The lowest BCUT2D eigenvalue weighted by atomic mass is 9.95. The van der Waals surface area contributed by atoms with E-state index in [0.717, 1.165) is 12.0 Å². The van der Waals surface area contributed by atoms with Crippen LogP contribution in [-0.4, -0.2) is 38.4 Å². The fraction of sp³-hybridized carbons (Fsp3) is 0.192. The van der Waals surface area contributed by atoms with Gasteiger partial charge in [0.05, 0.1) is 18.2 Å². The highest BCUT2D eigenvalue weighted by Crippen LogP contribution is 2.41. The molecule has 4 rings (SSSR count). The first-order valence-corrected chi connectivity index (χ1v) is 10.7. The molecule has 1 saturated heterocycles. The lowest BCUT2D eigenvalue weighted by molar-refractivity contribution is -0.140. The number of amides is 1. The number of aliphatic hydroxyl groups excluding tert-OH is 1. The van der Waals surface area contributed by atoms with E-state index in [1.807, 2.05) is 6.92 Å². The number of phenols is 1. The molecule has 168 valence electrons. The number of ketones is 1.